The molecule has 7 heteroatoms. The van der Waals surface area contributed by atoms with Crippen LogP contribution in [0.15, 0.2) is 89.8 Å². The third-order valence-electron chi connectivity index (χ3n) is 4.05. The van der Waals surface area contributed by atoms with Gasteiger partial charge in [0.2, 0.25) is 9.84 Å². The van der Waals surface area contributed by atoms with Crippen molar-refractivity contribution in [2.75, 3.05) is 0 Å². The van der Waals surface area contributed by atoms with Gasteiger partial charge in [-0.2, -0.15) is 0 Å². The average molecular weight is 397 g/mol. The summed E-state index contributed by atoms with van der Waals surface area (Å²) in [4.78, 5) is 11.3. The maximum absolute atomic E-state index is 13.0. The van der Waals surface area contributed by atoms with E-state index >= 15 is 0 Å². The smallest absolute Gasteiger partial charge is 0.405 e. The molecular formula is C21H19NO5S. The van der Waals surface area contributed by atoms with Crippen molar-refractivity contribution < 1.29 is 23.1 Å². The highest BCUT2D eigenvalue weighted by Gasteiger charge is 2.30. The highest BCUT2D eigenvalue weighted by atomic mass is 32.2. The van der Waals surface area contributed by atoms with Crippen molar-refractivity contribution in [1.29, 1.82) is 0 Å². The van der Waals surface area contributed by atoms with Crippen molar-refractivity contribution >= 4 is 15.9 Å². The van der Waals surface area contributed by atoms with Gasteiger partial charge >= 0.3 is 6.09 Å². The van der Waals surface area contributed by atoms with E-state index in [0.29, 0.717) is 12.4 Å². The lowest BCUT2D eigenvalue weighted by Crippen LogP contribution is -2.32. The molecule has 0 heterocycles. The second kappa shape index (κ2) is 8.58. The Morgan fingerprint density at radius 3 is 2.21 bits per heavy atom. The van der Waals surface area contributed by atoms with Crippen molar-refractivity contribution in [1.82, 2.24) is 5.32 Å². The Morgan fingerprint density at radius 2 is 1.57 bits per heavy atom. The third kappa shape index (κ3) is 4.69. The molecule has 0 saturated heterocycles. The lowest BCUT2D eigenvalue weighted by molar-refractivity contribution is 0.193. The van der Waals surface area contributed by atoms with Crippen molar-refractivity contribution in [2.45, 2.75) is 16.9 Å². The van der Waals surface area contributed by atoms with E-state index in [9.17, 15) is 13.2 Å². The molecule has 28 heavy (non-hydrogen) atoms. The number of carbonyl (C=O) groups is 1. The summed E-state index contributed by atoms with van der Waals surface area (Å²) >= 11 is 0. The molecule has 3 aromatic carbocycles. The van der Waals surface area contributed by atoms with Crippen LogP contribution in [-0.4, -0.2) is 19.6 Å². The van der Waals surface area contributed by atoms with Crippen LogP contribution in [0.1, 0.15) is 16.5 Å². The lowest BCUT2D eigenvalue weighted by Gasteiger charge is -2.19. The molecular weight excluding hydrogens is 378 g/mol. The van der Waals surface area contributed by atoms with Gasteiger partial charge in [-0.05, 0) is 35.4 Å². The van der Waals surface area contributed by atoms with E-state index in [-0.39, 0.29) is 10.5 Å². The molecule has 0 aliphatic heterocycles. The molecule has 0 radical (unpaired) electrons. The monoisotopic (exact) mass is 397 g/mol. The summed E-state index contributed by atoms with van der Waals surface area (Å²) in [5.41, 5.74) is 1.24. The van der Waals surface area contributed by atoms with Crippen molar-refractivity contribution in [3.05, 3.63) is 96.1 Å². The minimum Gasteiger partial charge on any atom is -0.489 e. The molecule has 0 spiro atoms. The van der Waals surface area contributed by atoms with Gasteiger partial charge in [-0.15, -0.1) is 0 Å². The summed E-state index contributed by atoms with van der Waals surface area (Å²) in [5, 5.41) is 9.83. The van der Waals surface area contributed by atoms with Crippen LogP contribution in [0.25, 0.3) is 0 Å². The molecule has 2 N–H and O–H groups in total. The predicted octanol–water partition coefficient (Wildman–Crippen LogP) is 4.01. The van der Waals surface area contributed by atoms with Crippen LogP contribution in [0.4, 0.5) is 4.79 Å². The molecule has 0 aromatic heterocycles. The molecule has 1 atom stereocenters. The van der Waals surface area contributed by atoms with Crippen molar-refractivity contribution in [2.24, 2.45) is 0 Å². The summed E-state index contributed by atoms with van der Waals surface area (Å²) in [6.45, 7) is 0.312. The Labute approximate surface area is 163 Å². The Morgan fingerprint density at radius 1 is 0.929 bits per heavy atom. The number of carboxylic acid groups (broad SMARTS) is 1. The summed E-state index contributed by atoms with van der Waals surface area (Å²) in [6, 6.07) is 23.7. The molecule has 6 nitrogen and oxygen atoms in total. The van der Waals surface area contributed by atoms with Gasteiger partial charge in [0.1, 0.15) is 12.4 Å². The highest BCUT2D eigenvalue weighted by Crippen LogP contribution is 2.29. The van der Waals surface area contributed by atoms with Crippen LogP contribution < -0.4 is 10.1 Å². The molecule has 3 rings (SSSR count). The predicted molar refractivity (Wildman–Crippen MR) is 105 cm³/mol. The number of rotatable bonds is 7. The van der Waals surface area contributed by atoms with E-state index in [1.165, 1.54) is 18.2 Å². The number of hydrogen-bond donors (Lipinski definition) is 2. The Kier molecular flexibility index (Phi) is 5.96. The third-order valence-corrected chi connectivity index (χ3v) is 5.99. The maximum atomic E-state index is 13.0. The van der Waals surface area contributed by atoms with Gasteiger partial charge < -0.3 is 15.2 Å². The normalized spacial score (nSPS) is 12.1. The van der Waals surface area contributed by atoms with E-state index in [1.807, 2.05) is 30.3 Å². The van der Waals surface area contributed by atoms with Gasteiger partial charge in [0.15, 0.2) is 5.37 Å². The average Bonchev–Trinajstić information content (AvgIpc) is 2.72. The number of benzene rings is 3. The van der Waals surface area contributed by atoms with Crippen molar-refractivity contribution in [3.8, 4) is 5.75 Å². The van der Waals surface area contributed by atoms with E-state index in [0.717, 1.165) is 5.56 Å². The molecule has 1 unspecified atom stereocenters. The number of hydrogen-bond acceptors (Lipinski definition) is 4. The lowest BCUT2D eigenvalue weighted by atomic mass is 10.2. The molecule has 0 aliphatic rings. The van der Waals surface area contributed by atoms with Gasteiger partial charge in [-0.3, -0.25) is 0 Å². The highest BCUT2D eigenvalue weighted by molar-refractivity contribution is 7.91. The van der Waals surface area contributed by atoms with Crippen LogP contribution in [0, 0.1) is 0 Å². The first-order valence-electron chi connectivity index (χ1n) is 8.52. The standard InChI is InChI=1S/C21H19NO5S/c23-21(24)22-20(28(25,26)19-12-5-2-6-13-19)17-10-7-11-18(14-17)27-15-16-8-3-1-4-9-16/h1-14,20,22H,15H2,(H,23,24). The Hall–Kier alpha value is -3.32. The zero-order valence-corrected chi connectivity index (χ0v) is 15.7. The summed E-state index contributed by atoms with van der Waals surface area (Å²) in [6.07, 6.45) is -1.43. The number of nitrogens with one attached hydrogen (secondary N) is 1. The fraction of sp³-hybridized carbons (Fsp3) is 0.0952. The quantitative estimate of drug-likeness (QED) is 0.628. The van der Waals surface area contributed by atoms with Gasteiger partial charge in [0, 0.05) is 0 Å². The molecule has 0 saturated carbocycles. The second-order valence-corrected chi connectivity index (χ2v) is 8.07. The Balaban J connectivity index is 1.90. The molecule has 0 aliphatic carbocycles. The zero-order chi connectivity index (χ0) is 20.0. The van der Waals surface area contributed by atoms with Crippen molar-refractivity contribution in [3.63, 3.8) is 0 Å². The van der Waals surface area contributed by atoms with Gasteiger partial charge in [-0.1, -0.05) is 60.7 Å². The van der Waals surface area contributed by atoms with Crippen LogP contribution in [0.2, 0.25) is 0 Å². The zero-order valence-electron chi connectivity index (χ0n) is 14.9. The fourth-order valence-electron chi connectivity index (χ4n) is 2.71. The topological polar surface area (TPSA) is 92.7 Å². The van der Waals surface area contributed by atoms with E-state index in [4.69, 9.17) is 9.84 Å². The van der Waals surface area contributed by atoms with Gasteiger partial charge in [0.25, 0.3) is 0 Å². The molecule has 0 fully saturated rings. The molecule has 0 bridgehead atoms. The minimum atomic E-state index is -3.98. The molecule has 1 amide bonds. The molecule has 3 aromatic rings. The van der Waals surface area contributed by atoms with Crippen LogP contribution in [0.3, 0.4) is 0 Å². The summed E-state index contributed by atoms with van der Waals surface area (Å²) in [7, 11) is -3.98. The first-order valence-corrected chi connectivity index (χ1v) is 10.1. The first kappa shape index (κ1) is 19.4. The number of amides is 1. The fourth-order valence-corrected chi connectivity index (χ4v) is 4.28. The SMILES string of the molecule is O=C(O)NC(c1cccc(OCc2ccccc2)c1)S(=O)(=O)c1ccccc1. The first-order chi connectivity index (χ1) is 13.5. The second-order valence-electron chi connectivity index (χ2n) is 6.03. The maximum Gasteiger partial charge on any atom is 0.405 e. The number of ether oxygens (including phenoxy) is 1. The number of sulfone groups is 1. The van der Waals surface area contributed by atoms with Crippen LogP contribution in [-0.2, 0) is 16.4 Å². The Bertz CT molecular complexity index is 1040. The van der Waals surface area contributed by atoms with E-state index in [2.05, 4.69) is 5.32 Å². The van der Waals surface area contributed by atoms with E-state index in [1.54, 1.807) is 36.4 Å². The largest absolute Gasteiger partial charge is 0.489 e. The summed E-state index contributed by atoms with van der Waals surface area (Å²) in [5.74, 6) is 0.446. The van der Waals surface area contributed by atoms with Crippen LogP contribution >= 0.6 is 0 Å². The molecule has 144 valence electrons. The minimum absolute atomic E-state index is 0.0318. The van der Waals surface area contributed by atoms with Crippen LogP contribution in [0.5, 0.6) is 5.75 Å². The van der Waals surface area contributed by atoms with E-state index < -0.39 is 21.3 Å². The van der Waals surface area contributed by atoms with Gasteiger partial charge in [0.05, 0.1) is 4.90 Å². The van der Waals surface area contributed by atoms with Gasteiger partial charge in [-0.25, -0.2) is 13.2 Å². The summed E-state index contributed by atoms with van der Waals surface area (Å²) < 4.78 is 31.7.